The molecule has 0 aliphatic heterocycles. The van der Waals surface area contributed by atoms with Crippen molar-refractivity contribution < 1.29 is 14.0 Å². The Kier molecular flexibility index (Phi) is 6.89. The number of hydrogen-bond donors (Lipinski definition) is 2. The average Bonchev–Trinajstić information content (AvgIpc) is 3.35. The Morgan fingerprint density at radius 2 is 1.78 bits per heavy atom. The number of hydrogen-bond acceptors (Lipinski definition) is 5. The summed E-state index contributed by atoms with van der Waals surface area (Å²) in [6.45, 7) is 0. The summed E-state index contributed by atoms with van der Waals surface area (Å²) in [5.41, 5.74) is 1.44. The van der Waals surface area contributed by atoms with E-state index < -0.39 is 5.25 Å². The molecule has 1 atom stereocenters. The predicted octanol–water partition coefficient (Wildman–Crippen LogP) is 6.05. The number of carbonyl (C=O) groups is 2. The number of carbonyl (C=O) groups excluding carboxylic acids is 2. The van der Waals surface area contributed by atoms with Crippen molar-refractivity contribution in [2.24, 2.45) is 0 Å². The first-order valence-electron chi connectivity index (χ1n) is 9.67. The zero-order valence-electron chi connectivity index (χ0n) is 16.7. The van der Waals surface area contributed by atoms with Gasteiger partial charge in [-0.05, 0) is 48.0 Å². The van der Waals surface area contributed by atoms with Gasteiger partial charge in [-0.1, -0.05) is 48.0 Å². The lowest BCUT2D eigenvalue weighted by molar-refractivity contribution is -0.115. The second kappa shape index (κ2) is 10.2. The van der Waals surface area contributed by atoms with Crippen LogP contribution >= 0.6 is 23.4 Å². The highest BCUT2D eigenvalue weighted by atomic mass is 35.5. The fraction of sp³-hybridized carbons (Fsp3) is 0.0417. The van der Waals surface area contributed by atoms with Crippen molar-refractivity contribution >= 4 is 46.7 Å². The van der Waals surface area contributed by atoms with E-state index in [1.165, 1.54) is 24.2 Å². The third-order valence-electron chi connectivity index (χ3n) is 4.41. The highest BCUT2D eigenvalue weighted by Gasteiger charge is 2.23. The molecule has 0 saturated heterocycles. The number of amides is 2. The molecule has 0 bridgehead atoms. The third-order valence-corrected chi connectivity index (χ3v) is 5.88. The Balaban J connectivity index is 1.54. The SMILES string of the molecule is O=C(Nc1cccc(SC(C(=O)Nc2ccc(Cl)cn2)c2ccccc2)c1)c1ccco1. The van der Waals surface area contributed by atoms with Gasteiger partial charge in [0.2, 0.25) is 5.91 Å². The summed E-state index contributed by atoms with van der Waals surface area (Å²) >= 11 is 7.25. The molecule has 2 aromatic heterocycles. The van der Waals surface area contributed by atoms with Gasteiger partial charge in [0.25, 0.3) is 5.91 Å². The van der Waals surface area contributed by atoms with Crippen molar-refractivity contribution in [1.82, 2.24) is 4.98 Å². The maximum atomic E-state index is 13.1. The number of nitrogens with one attached hydrogen (secondary N) is 2. The first-order valence-corrected chi connectivity index (χ1v) is 10.9. The van der Waals surface area contributed by atoms with E-state index >= 15 is 0 Å². The Bertz CT molecular complexity index is 1200. The van der Waals surface area contributed by atoms with E-state index in [9.17, 15) is 9.59 Å². The normalized spacial score (nSPS) is 11.5. The van der Waals surface area contributed by atoms with Gasteiger partial charge in [-0.25, -0.2) is 4.98 Å². The van der Waals surface area contributed by atoms with E-state index in [0.717, 1.165) is 10.5 Å². The molecular formula is C24H18ClN3O3S. The fourth-order valence-electron chi connectivity index (χ4n) is 2.93. The van der Waals surface area contributed by atoms with Crippen LogP contribution in [0.4, 0.5) is 11.5 Å². The Morgan fingerprint density at radius 3 is 2.50 bits per heavy atom. The van der Waals surface area contributed by atoms with Crippen molar-refractivity contribution in [3.05, 3.63) is 108 Å². The molecule has 0 aliphatic carbocycles. The molecule has 1 unspecified atom stereocenters. The number of rotatable bonds is 7. The molecule has 2 N–H and O–H groups in total. The maximum Gasteiger partial charge on any atom is 0.291 e. The molecule has 0 spiro atoms. The lowest BCUT2D eigenvalue weighted by atomic mass is 10.1. The third kappa shape index (κ3) is 5.57. The zero-order chi connectivity index (χ0) is 22.3. The number of thioether (sulfide) groups is 1. The number of nitrogens with zero attached hydrogens (tertiary/aromatic N) is 1. The summed E-state index contributed by atoms with van der Waals surface area (Å²) in [5.74, 6) is 0.0739. The summed E-state index contributed by atoms with van der Waals surface area (Å²) in [4.78, 5) is 30.4. The molecule has 6 nitrogen and oxygen atoms in total. The van der Waals surface area contributed by atoms with Gasteiger partial charge in [-0.2, -0.15) is 0 Å². The predicted molar refractivity (Wildman–Crippen MR) is 126 cm³/mol. The van der Waals surface area contributed by atoms with E-state index in [-0.39, 0.29) is 17.6 Å². The van der Waals surface area contributed by atoms with Crippen LogP contribution in [0.15, 0.2) is 101 Å². The molecule has 4 rings (SSSR count). The van der Waals surface area contributed by atoms with Crippen LogP contribution in [0.5, 0.6) is 0 Å². The summed E-state index contributed by atoms with van der Waals surface area (Å²) in [7, 11) is 0. The van der Waals surface area contributed by atoms with E-state index in [2.05, 4.69) is 15.6 Å². The van der Waals surface area contributed by atoms with Crippen LogP contribution in [-0.4, -0.2) is 16.8 Å². The monoisotopic (exact) mass is 463 g/mol. The molecule has 4 aromatic rings. The second-order valence-corrected chi connectivity index (χ2v) is 8.33. The van der Waals surface area contributed by atoms with Crippen molar-refractivity contribution in [1.29, 1.82) is 0 Å². The summed E-state index contributed by atoms with van der Waals surface area (Å²) in [6, 6.07) is 23.3. The van der Waals surface area contributed by atoms with Crippen LogP contribution in [0.1, 0.15) is 21.4 Å². The van der Waals surface area contributed by atoms with E-state index in [0.29, 0.717) is 16.5 Å². The molecule has 2 amide bonds. The van der Waals surface area contributed by atoms with Gasteiger partial charge < -0.3 is 15.1 Å². The Morgan fingerprint density at radius 1 is 0.938 bits per heavy atom. The number of benzene rings is 2. The minimum atomic E-state index is -0.537. The molecule has 32 heavy (non-hydrogen) atoms. The van der Waals surface area contributed by atoms with Crippen molar-refractivity contribution in [2.75, 3.05) is 10.6 Å². The topological polar surface area (TPSA) is 84.2 Å². The molecule has 0 radical (unpaired) electrons. The van der Waals surface area contributed by atoms with E-state index in [4.69, 9.17) is 16.0 Å². The maximum absolute atomic E-state index is 13.1. The first kappa shape index (κ1) is 21.7. The molecule has 0 saturated carbocycles. The summed E-state index contributed by atoms with van der Waals surface area (Å²) in [5, 5.41) is 5.60. The van der Waals surface area contributed by atoms with Crippen LogP contribution in [0.2, 0.25) is 5.02 Å². The Labute approximate surface area is 194 Å². The minimum absolute atomic E-state index is 0.221. The molecular weight excluding hydrogens is 446 g/mol. The van der Waals surface area contributed by atoms with Crippen LogP contribution in [-0.2, 0) is 4.79 Å². The molecule has 8 heteroatoms. The van der Waals surface area contributed by atoms with Gasteiger partial charge in [0.1, 0.15) is 11.1 Å². The number of furan rings is 1. The van der Waals surface area contributed by atoms with E-state index in [1.54, 1.807) is 30.3 Å². The van der Waals surface area contributed by atoms with E-state index in [1.807, 2.05) is 48.5 Å². The van der Waals surface area contributed by atoms with Gasteiger partial charge in [0.15, 0.2) is 5.76 Å². The molecule has 160 valence electrons. The van der Waals surface area contributed by atoms with Crippen LogP contribution < -0.4 is 10.6 Å². The van der Waals surface area contributed by atoms with Crippen LogP contribution in [0.3, 0.4) is 0 Å². The highest BCUT2D eigenvalue weighted by molar-refractivity contribution is 8.00. The van der Waals surface area contributed by atoms with Crippen LogP contribution in [0, 0.1) is 0 Å². The van der Waals surface area contributed by atoms with Crippen molar-refractivity contribution in [2.45, 2.75) is 10.1 Å². The average molecular weight is 464 g/mol. The largest absolute Gasteiger partial charge is 0.459 e. The van der Waals surface area contributed by atoms with Gasteiger partial charge in [-0.3, -0.25) is 9.59 Å². The first-order chi connectivity index (χ1) is 15.6. The molecule has 2 heterocycles. The number of anilines is 2. The minimum Gasteiger partial charge on any atom is -0.459 e. The highest BCUT2D eigenvalue weighted by Crippen LogP contribution is 2.37. The smallest absolute Gasteiger partial charge is 0.291 e. The fourth-order valence-corrected chi connectivity index (χ4v) is 4.12. The lowest BCUT2D eigenvalue weighted by Gasteiger charge is -2.17. The summed E-state index contributed by atoms with van der Waals surface area (Å²) < 4.78 is 5.13. The standard InChI is InChI=1S/C24H18ClN3O3S/c25-17-11-12-21(26-15-17)28-24(30)22(16-6-2-1-3-7-16)32-19-9-4-8-18(14-19)27-23(29)20-10-5-13-31-20/h1-15,22H,(H,27,29)(H,26,28,30). The molecule has 0 fully saturated rings. The number of aromatic nitrogens is 1. The number of halogens is 1. The molecule has 0 aliphatic rings. The lowest BCUT2D eigenvalue weighted by Crippen LogP contribution is -2.19. The summed E-state index contributed by atoms with van der Waals surface area (Å²) in [6.07, 6.45) is 2.92. The Hall–Kier alpha value is -3.55. The van der Waals surface area contributed by atoms with Crippen molar-refractivity contribution in [3.8, 4) is 0 Å². The molecule has 2 aromatic carbocycles. The second-order valence-electron chi connectivity index (χ2n) is 6.72. The zero-order valence-corrected chi connectivity index (χ0v) is 18.3. The van der Waals surface area contributed by atoms with Crippen LogP contribution in [0.25, 0.3) is 0 Å². The van der Waals surface area contributed by atoms with Gasteiger partial charge in [-0.15, -0.1) is 11.8 Å². The van der Waals surface area contributed by atoms with Gasteiger partial charge in [0, 0.05) is 16.8 Å². The quantitative estimate of drug-likeness (QED) is 0.326. The van der Waals surface area contributed by atoms with Crippen molar-refractivity contribution in [3.63, 3.8) is 0 Å². The van der Waals surface area contributed by atoms with Gasteiger partial charge in [0.05, 0.1) is 11.3 Å². The number of pyridine rings is 1. The van der Waals surface area contributed by atoms with Gasteiger partial charge >= 0.3 is 0 Å².